The lowest BCUT2D eigenvalue weighted by atomic mass is 10.4. The van der Waals surface area contributed by atoms with E-state index < -0.39 is 0 Å². The molecule has 0 heterocycles. The van der Waals surface area contributed by atoms with E-state index in [-0.39, 0.29) is 0 Å². The maximum atomic E-state index is 5.27. The molecule has 0 radical (unpaired) electrons. The van der Waals surface area contributed by atoms with Crippen LogP contribution in [0.1, 0.15) is 26.2 Å². The monoisotopic (exact) mass is 161 g/mol. The lowest BCUT2D eigenvalue weighted by molar-refractivity contribution is -0.0544. The van der Waals surface area contributed by atoms with Crippen molar-refractivity contribution in [3.8, 4) is 0 Å². The highest BCUT2D eigenvalue weighted by Crippen LogP contribution is 1.88. The first-order valence-corrected chi connectivity index (χ1v) is 4.27. The third-order valence-corrected chi connectivity index (χ3v) is 1.30. The second-order valence-electron chi connectivity index (χ2n) is 2.43. The molecule has 0 aromatic carbocycles. The maximum absolute atomic E-state index is 5.27. The number of ether oxygens (including phenoxy) is 2. The Labute approximate surface area is 68.9 Å². The Morgan fingerprint density at radius 1 is 1.09 bits per heavy atom. The SMILES string of the molecule is CCCCOCOCCCN. The van der Waals surface area contributed by atoms with Crippen molar-refractivity contribution in [3.05, 3.63) is 0 Å². The molecule has 68 valence electrons. The Balaban J connectivity index is 2.69. The summed E-state index contributed by atoms with van der Waals surface area (Å²) in [7, 11) is 0. The van der Waals surface area contributed by atoms with E-state index in [1.54, 1.807) is 0 Å². The second kappa shape index (κ2) is 9.88. The predicted molar refractivity (Wildman–Crippen MR) is 45.4 cm³/mol. The minimum atomic E-state index is 0.417. The maximum Gasteiger partial charge on any atom is 0.146 e. The molecule has 2 N–H and O–H groups in total. The van der Waals surface area contributed by atoms with Crippen LogP contribution in [-0.2, 0) is 9.47 Å². The molecule has 0 aliphatic rings. The van der Waals surface area contributed by atoms with Gasteiger partial charge in [0.2, 0.25) is 0 Å². The van der Waals surface area contributed by atoms with Gasteiger partial charge in [0.25, 0.3) is 0 Å². The molecular formula is C8H19NO2. The summed E-state index contributed by atoms with van der Waals surface area (Å²) in [5.74, 6) is 0. The molecule has 0 amide bonds. The molecule has 0 aromatic heterocycles. The highest BCUT2D eigenvalue weighted by atomic mass is 16.7. The summed E-state index contributed by atoms with van der Waals surface area (Å²) in [4.78, 5) is 0. The van der Waals surface area contributed by atoms with Gasteiger partial charge < -0.3 is 15.2 Å². The molecule has 0 aliphatic heterocycles. The fraction of sp³-hybridized carbons (Fsp3) is 1.00. The number of unbranched alkanes of at least 4 members (excludes halogenated alkanes) is 1. The van der Waals surface area contributed by atoms with Crippen molar-refractivity contribution < 1.29 is 9.47 Å². The van der Waals surface area contributed by atoms with Crippen molar-refractivity contribution >= 4 is 0 Å². The Morgan fingerprint density at radius 3 is 2.27 bits per heavy atom. The van der Waals surface area contributed by atoms with Crippen molar-refractivity contribution in [2.45, 2.75) is 26.2 Å². The summed E-state index contributed by atoms with van der Waals surface area (Å²) in [6.07, 6.45) is 3.19. The third kappa shape index (κ3) is 9.88. The molecule has 0 unspecified atom stereocenters. The number of nitrogens with two attached hydrogens (primary N) is 1. The number of hydrogen-bond donors (Lipinski definition) is 1. The van der Waals surface area contributed by atoms with E-state index in [0.29, 0.717) is 19.9 Å². The summed E-state index contributed by atoms with van der Waals surface area (Å²) in [5.41, 5.74) is 5.27. The van der Waals surface area contributed by atoms with Crippen molar-refractivity contribution in [1.82, 2.24) is 0 Å². The smallest absolute Gasteiger partial charge is 0.146 e. The zero-order valence-electron chi connectivity index (χ0n) is 7.34. The topological polar surface area (TPSA) is 44.5 Å². The minimum absolute atomic E-state index is 0.417. The summed E-state index contributed by atoms with van der Waals surface area (Å²) >= 11 is 0. The van der Waals surface area contributed by atoms with Gasteiger partial charge in [0.1, 0.15) is 6.79 Å². The van der Waals surface area contributed by atoms with Gasteiger partial charge in [-0.2, -0.15) is 0 Å². The van der Waals surface area contributed by atoms with Gasteiger partial charge in [0.15, 0.2) is 0 Å². The lowest BCUT2D eigenvalue weighted by Crippen LogP contribution is -2.07. The van der Waals surface area contributed by atoms with Crippen LogP contribution in [0.15, 0.2) is 0 Å². The van der Waals surface area contributed by atoms with Gasteiger partial charge in [-0.15, -0.1) is 0 Å². The van der Waals surface area contributed by atoms with Crippen molar-refractivity contribution in [1.29, 1.82) is 0 Å². The molecule has 0 saturated heterocycles. The van der Waals surface area contributed by atoms with Gasteiger partial charge in [-0.1, -0.05) is 13.3 Å². The van der Waals surface area contributed by atoms with Crippen LogP contribution in [0.3, 0.4) is 0 Å². The van der Waals surface area contributed by atoms with Crippen LogP contribution < -0.4 is 5.73 Å². The fourth-order valence-corrected chi connectivity index (χ4v) is 0.609. The molecule has 0 aromatic rings. The van der Waals surface area contributed by atoms with Crippen molar-refractivity contribution in [3.63, 3.8) is 0 Å². The van der Waals surface area contributed by atoms with Crippen molar-refractivity contribution in [2.24, 2.45) is 5.73 Å². The van der Waals surface area contributed by atoms with E-state index in [9.17, 15) is 0 Å². The second-order valence-corrected chi connectivity index (χ2v) is 2.43. The molecule has 0 bridgehead atoms. The molecular weight excluding hydrogens is 142 g/mol. The molecule has 0 rings (SSSR count). The van der Waals surface area contributed by atoms with E-state index in [1.165, 1.54) is 6.42 Å². The van der Waals surface area contributed by atoms with Crippen LogP contribution in [0.25, 0.3) is 0 Å². The van der Waals surface area contributed by atoms with Gasteiger partial charge in [-0.05, 0) is 19.4 Å². The van der Waals surface area contributed by atoms with Crippen LogP contribution in [0.2, 0.25) is 0 Å². The highest BCUT2D eigenvalue weighted by molar-refractivity contribution is 4.33. The van der Waals surface area contributed by atoms with E-state index in [0.717, 1.165) is 19.4 Å². The van der Waals surface area contributed by atoms with E-state index in [4.69, 9.17) is 15.2 Å². The molecule has 11 heavy (non-hydrogen) atoms. The minimum Gasteiger partial charge on any atom is -0.355 e. The summed E-state index contributed by atoms with van der Waals surface area (Å²) in [6, 6.07) is 0. The third-order valence-electron chi connectivity index (χ3n) is 1.30. The predicted octanol–water partition coefficient (Wildman–Crippen LogP) is 1.13. The summed E-state index contributed by atoms with van der Waals surface area (Å²) < 4.78 is 10.3. The van der Waals surface area contributed by atoms with Crippen LogP contribution in [-0.4, -0.2) is 26.6 Å². The first-order valence-electron chi connectivity index (χ1n) is 4.27. The number of rotatable bonds is 8. The Hall–Kier alpha value is -0.120. The van der Waals surface area contributed by atoms with Gasteiger partial charge in [0, 0.05) is 6.61 Å². The van der Waals surface area contributed by atoms with E-state index in [2.05, 4.69) is 6.92 Å². The number of hydrogen-bond acceptors (Lipinski definition) is 3. The highest BCUT2D eigenvalue weighted by Gasteiger charge is 1.87. The molecule has 0 aliphatic carbocycles. The Morgan fingerprint density at radius 2 is 1.73 bits per heavy atom. The lowest BCUT2D eigenvalue weighted by Gasteiger charge is -2.03. The van der Waals surface area contributed by atoms with Crippen LogP contribution in [0, 0.1) is 0 Å². The first-order chi connectivity index (χ1) is 5.41. The van der Waals surface area contributed by atoms with Crippen molar-refractivity contribution in [2.75, 3.05) is 26.6 Å². The molecule has 3 heteroatoms. The van der Waals surface area contributed by atoms with Gasteiger partial charge in [0.05, 0.1) is 6.61 Å². The van der Waals surface area contributed by atoms with E-state index >= 15 is 0 Å². The molecule has 0 atom stereocenters. The summed E-state index contributed by atoms with van der Waals surface area (Å²) in [6.45, 7) is 4.76. The largest absolute Gasteiger partial charge is 0.355 e. The molecule has 0 spiro atoms. The van der Waals surface area contributed by atoms with Crippen LogP contribution in [0.4, 0.5) is 0 Å². The van der Waals surface area contributed by atoms with Crippen LogP contribution >= 0.6 is 0 Å². The Kier molecular flexibility index (Phi) is 9.77. The van der Waals surface area contributed by atoms with Crippen LogP contribution in [0.5, 0.6) is 0 Å². The average molecular weight is 161 g/mol. The quantitative estimate of drug-likeness (QED) is 0.428. The average Bonchev–Trinajstić information content (AvgIpc) is 2.03. The molecule has 0 saturated carbocycles. The Bertz CT molecular complexity index is 61.1. The molecule has 0 fully saturated rings. The zero-order chi connectivity index (χ0) is 8.36. The van der Waals surface area contributed by atoms with Gasteiger partial charge in [-0.25, -0.2) is 0 Å². The fourth-order valence-electron chi connectivity index (χ4n) is 0.609. The summed E-state index contributed by atoms with van der Waals surface area (Å²) in [5, 5.41) is 0. The zero-order valence-corrected chi connectivity index (χ0v) is 7.34. The first kappa shape index (κ1) is 10.9. The van der Waals surface area contributed by atoms with E-state index in [1.807, 2.05) is 0 Å². The standard InChI is InChI=1S/C8H19NO2/c1-2-3-6-10-8-11-7-4-5-9/h2-9H2,1H3. The molecule has 3 nitrogen and oxygen atoms in total. The van der Waals surface area contributed by atoms with Gasteiger partial charge >= 0.3 is 0 Å². The normalized spacial score (nSPS) is 10.4. The van der Waals surface area contributed by atoms with Gasteiger partial charge in [-0.3, -0.25) is 0 Å².